The highest BCUT2D eigenvalue weighted by atomic mass is 35.5. The first-order chi connectivity index (χ1) is 13.3. The largest absolute Gasteiger partial charge is 0.465 e. The van der Waals surface area contributed by atoms with Gasteiger partial charge in [0, 0.05) is 13.1 Å². The molecule has 0 aromatic carbocycles. The van der Waals surface area contributed by atoms with Crippen LogP contribution in [0.5, 0.6) is 0 Å². The number of nitrogens with zero attached hydrogens (tertiary/aromatic N) is 2. The molecule has 0 aliphatic rings. The van der Waals surface area contributed by atoms with Gasteiger partial charge < -0.3 is 20.1 Å². The number of esters is 2. The number of halogens is 1. The van der Waals surface area contributed by atoms with Gasteiger partial charge in [0.1, 0.15) is 9.88 Å². The summed E-state index contributed by atoms with van der Waals surface area (Å²) in [6.45, 7) is 4.84. The summed E-state index contributed by atoms with van der Waals surface area (Å²) >= 11 is 12.4. The van der Waals surface area contributed by atoms with E-state index in [-0.39, 0.29) is 5.56 Å². The van der Waals surface area contributed by atoms with Crippen molar-refractivity contribution in [1.82, 2.24) is 15.1 Å². The Bertz CT molecular complexity index is 894. The number of carbonyl (C=O) groups is 2. The van der Waals surface area contributed by atoms with Crippen LogP contribution in [0.25, 0.3) is 0 Å². The molecule has 2 aromatic heterocycles. The van der Waals surface area contributed by atoms with Crippen LogP contribution in [0.4, 0.5) is 5.00 Å². The van der Waals surface area contributed by atoms with Gasteiger partial charge in [-0.1, -0.05) is 11.6 Å². The molecule has 0 spiro atoms. The first kappa shape index (κ1) is 22.1. The van der Waals surface area contributed by atoms with E-state index in [2.05, 4.69) is 15.7 Å². The van der Waals surface area contributed by atoms with Crippen molar-refractivity contribution in [1.29, 1.82) is 0 Å². The number of methoxy groups -OCH3 is 2. The Labute approximate surface area is 177 Å². The molecule has 2 rings (SSSR count). The highest BCUT2D eigenvalue weighted by Gasteiger charge is 2.26. The first-order valence-electron chi connectivity index (χ1n) is 8.32. The molecule has 0 aliphatic carbocycles. The summed E-state index contributed by atoms with van der Waals surface area (Å²) in [7, 11) is 2.56. The third-order valence-electron chi connectivity index (χ3n) is 4.01. The smallest absolute Gasteiger partial charge is 0.348 e. The molecular weight excluding hydrogens is 424 g/mol. The maximum absolute atomic E-state index is 12.1. The maximum atomic E-state index is 12.1. The molecule has 28 heavy (non-hydrogen) atoms. The van der Waals surface area contributed by atoms with Crippen molar-refractivity contribution < 1.29 is 19.1 Å². The van der Waals surface area contributed by atoms with Crippen molar-refractivity contribution in [3.63, 3.8) is 0 Å². The highest BCUT2D eigenvalue weighted by Crippen LogP contribution is 2.34. The molecule has 0 saturated heterocycles. The summed E-state index contributed by atoms with van der Waals surface area (Å²) in [5.74, 6) is -1.08. The first-order valence-corrected chi connectivity index (χ1v) is 9.93. The standard InChI is InChI=1S/C17H21ClN4O4S2/c1-9-12(15(23)25-3)14(28-13(9)16(24)26-4)21-17(27)19-6-5-7-22-10(2)11(18)8-20-22/h8H,5-7H2,1-4H3,(H2,19,21,27). The van der Waals surface area contributed by atoms with E-state index >= 15 is 0 Å². The summed E-state index contributed by atoms with van der Waals surface area (Å²) in [5.41, 5.74) is 1.66. The molecule has 2 N–H and O–H groups in total. The normalized spacial score (nSPS) is 10.5. The predicted molar refractivity (Wildman–Crippen MR) is 113 cm³/mol. The number of hydrogen-bond acceptors (Lipinski definition) is 7. The van der Waals surface area contributed by atoms with Crippen LogP contribution in [-0.4, -0.2) is 47.6 Å². The second-order valence-electron chi connectivity index (χ2n) is 5.78. The van der Waals surface area contributed by atoms with E-state index in [9.17, 15) is 9.59 Å². The van der Waals surface area contributed by atoms with Crippen LogP contribution in [0, 0.1) is 13.8 Å². The number of rotatable bonds is 7. The molecule has 0 aliphatic heterocycles. The van der Waals surface area contributed by atoms with E-state index in [1.807, 2.05) is 11.6 Å². The third-order valence-corrected chi connectivity index (χ3v) is 5.81. The average Bonchev–Trinajstić information content (AvgIpc) is 3.17. The number of thiocarbonyl (C=S) groups is 1. The summed E-state index contributed by atoms with van der Waals surface area (Å²) in [4.78, 5) is 24.4. The summed E-state index contributed by atoms with van der Waals surface area (Å²) in [6, 6.07) is 0. The van der Waals surface area contributed by atoms with E-state index in [0.717, 1.165) is 23.5 Å². The number of aromatic nitrogens is 2. The molecule has 0 saturated carbocycles. The van der Waals surface area contributed by atoms with Gasteiger partial charge in [0.2, 0.25) is 0 Å². The fraction of sp³-hybridized carbons (Fsp3) is 0.412. The molecule has 2 heterocycles. The lowest BCUT2D eigenvalue weighted by atomic mass is 10.1. The van der Waals surface area contributed by atoms with Gasteiger partial charge in [-0.25, -0.2) is 9.59 Å². The molecule has 2 aromatic rings. The lowest BCUT2D eigenvalue weighted by Gasteiger charge is -2.11. The Kier molecular flexibility index (Phi) is 7.78. The van der Waals surface area contributed by atoms with Crippen molar-refractivity contribution in [3.8, 4) is 0 Å². The van der Waals surface area contributed by atoms with Crippen molar-refractivity contribution in [2.75, 3.05) is 26.1 Å². The number of ether oxygens (including phenoxy) is 2. The van der Waals surface area contributed by atoms with E-state index in [0.29, 0.717) is 38.7 Å². The van der Waals surface area contributed by atoms with Crippen LogP contribution in [0.2, 0.25) is 5.02 Å². The fourth-order valence-electron chi connectivity index (χ4n) is 2.46. The van der Waals surface area contributed by atoms with Crippen LogP contribution in [-0.2, 0) is 16.0 Å². The number of nitrogens with one attached hydrogen (secondary N) is 2. The molecule has 0 unspecified atom stereocenters. The molecule has 0 amide bonds. The topological polar surface area (TPSA) is 94.5 Å². The third kappa shape index (κ3) is 5.00. The van der Waals surface area contributed by atoms with Gasteiger partial charge in [0.25, 0.3) is 0 Å². The molecular formula is C17H21ClN4O4S2. The van der Waals surface area contributed by atoms with E-state index in [1.54, 1.807) is 13.1 Å². The zero-order valence-corrected chi connectivity index (χ0v) is 18.3. The number of thiophene rings is 1. The van der Waals surface area contributed by atoms with Gasteiger partial charge in [-0.05, 0) is 38.0 Å². The monoisotopic (exact) mass is 444 g/mol. The van der Waals surface area contributed by atoms with Crippen molar-refractivity contribution in [2.45, 2.75) is 26.8 Å². The van der Waals surface area contributed by atoms with Gasteiger partial charge in [0.15, 0.2) is 5.11 Å². The minimum Gasteiger partial charge on any atom is -0.465 e. The van der Waals surface area contributed by atoms with Crippen molar-refractivity contribution in [3.05, 3.63) is 32.9 Å². The van der Waals surface area contributed by atoms with Gasteiger partial charge in [0.05, 0.1) is 36.7 Å². The number of anilines is 1. The van der Waals surface area contributed by atoms with Gasteiger partial charge in [-0.3, -0.25) is 4.68 Å². The fourth-order valence-corrected chi connectivity index (χ4v) is 3.99. The zero-order valence-electron chi connectivity index (χ0n) is 15.9. The Balaban J connectivity index is 1.99. The second kappa shape index (κ2) is 9.85. The number of carbonyl (C=O) groups excluding carboxylic acids is 2. The molecule has 0 bridgehead atoms. The summed E-state index contributed by atoms with van der Waals surface area (Å²) in [6.07, 6.45) is 2.38. The molecule has 8 nitrogen and oxygen atoms in total. The van der Waals surface area contributed by atoms with Crippen LogP contribution in [0.15, 0.2) is 6.20 Å². The Hall–Kier alpha value is -2.17. The summed E-state index contributed by atoms with van der Waals surface area (Å²) < 4.78 is 11.4. The second-order valence-corrected chi connectivity index (χ2v) is 7.62. The Morgan fingerprint density at radius 1 is 1.29 bits per heavy atom. The number of aryl methyl sites for hydroxylation is 1. The molecule has 0 atom stereocenters. The molecule has 11 heteroatoms. The van der Waals surface area contributed by atoms with Crippen LogP contribution in [0.1, 0.15) is 37.7 Å². The van der Waals surface area contributed by atoms with Crippen molar-refractivity contribution in [2.24, 2.45) is 0 Å². The lowest BCUT2D eigenvalue weighted by Crippen LogP contribution is -2.30. The van der Waals surface area contributed by atoms with Crippen molar-refractivity contribution >= 4 is 57.2 Å². The van der Waals surface area contributed by atoms with E-state index in [1.165, 1.54) is 14.2 Å². The van der Waals surface area contributed by atoms with Crippen LogP contribution < -0.4 is 10.6 Å². The Morgan fingerprint density at radius 3 is 2.54 bits per heavy atom. The van der Waals surface area contributed by atoms with Crippen LogP contribution >= 0.6 is 35.2 Å². The summed E-state index contributed by atoms with van der Waals surface area (Å²) in [5, 5.41) is 11.6. The zero-order chi connectivity index (χ0) is 20.8. The molecule has 0 fully saturated rings. The van der Waals surface area contributed by atoms with Gasteiger partial charge in [-0.15, -0.1) is 11.3 Å². The average molecular weight is 445 g/mol. The van der Waals surface area contributed by atoms with E-state index in [4.69, 9.17) is 33.3 Å². The van der Waals surface area contributed by atoms with Crippen LogP contribution in [0.3, 0.4) is 0 Å². The lowest BCUT2D eigenvalue weighted by molar-refractivity contribution is 0.0601. The molecule has 152 valence electrons. The predicted octanol–water partition coefficient (Wildman–Crippen LogP) is 3.16. The minimum atomic E-state index is -0.555. The van der Waals surface area contributed by atoms with Gasteiger partial charge in [-0.2, -0.15) is 5.10 Å². The number of hydrogen-bond donors (Lipinski definition) is 2. The molecule has 0 radical (unpaired) electrons. The Morgan fingerprint density at radius 2 is 1.96 bits per heavy atom. The minimum absolute atomic E-state index is 0.263. The van der Waals surface area contributed by atoms with Gasteiger partial charge >= 0.3 is 11.9 Å². The highest BCUT2D eigenvalue weighted by molar-refractivity contribution is 7.80. The SMILES string of the molecule is COC(=O)c1sc(NC(=S)NCCCn2ncc(Cl)c2C)c(C(=O)OC)c1C. The van der Waals surface area contributed by atoms with E-state index < -0.39 is 11.9 Å². The maximum Gasteiger partial charge on any atom is 0.348 e. The quantitative estimate of drug-likeness (QED) is 0.382.